The van der Waals surface area contributed by atoms with Gasteiger partial charge >= 0.3 is 0 Å². The average molecular weight is 489 g/mol. The van der Waals surface area contributed by atoms with Crippen LogP contribution < -0.4 is 20.9 Å². The minimum Gasteiger partial charge on any atom is -0.493 e. The van der Waals surface area contributed by atoms with Gasteiger partial charge < -0.3 is 20.9 Å². The number of nitrogen functional groups attached to an aromatic ring is 2. The minimum atomic E-state index is -4.01. The summed E-state index contributed by atoms with van der Waals surface area (Å²) in [5.41, 5.74) is 14.1. The van der Waals surface area contributed by atoms with E-state index < -0.39 is 20.2 Å². The highest BCUT2D eigenvalue weighted by atomic mass is 32.2. The van der Waals surface area contributed by atoms with Crippen molar-refractivity contribution >= 4 is 31.6 Å². The van der Waals surface area contributed by atoms with Gasteiger partial charge in [0.15, 0.2) is 0 Å². The van der Waals surface area contributed by atoms with Crippen LogP contribution in [-0.2, 0) is 20.2 Å². The van der Waals surface area contributed by atoms with Crippen LogP contribution in [0.4, 0.5) is 11.4 Å². The number of nitrogens with two attached hydrogens (primary N) is 2. The SMILES string of the molecule is Nc1ccc(-c2ccc(N)cc2OCCCCS(=O)(=O)O)c(OCCCCS(=O)(=O)O)c1. The van der Waals surface area contributed by atoms with Gasteiger partial charge in [0.2, 0.25) is 0 Å². The fourth-order valence-corrected chi connectivity index (χ4v) is 4.04. The Morgan fingerprint density at radius 3 is 1.38 bits per heavy atom. The predicted molar refractivity (Wildman–Crippen MR) is 123 cm³/mol. The molecule has 178 valence electrons. The lowest BCUT2D eigenvalue weighted by atomic mass is 10.0. The van der Waals surface area contributed by atoms with Crippen molar-refractivity contribution in [3.05, 3.63) is 36.4 Å². The number of rotatable bonds is 13. The summed E-state index contributed by atoms with van der Waals surface area (Å²) in [5, 5.41) is 0. The number of unbranched alkanes of at least 4 members (excludes halogenated alkanes) is 2. The Labute approximate surface area is 188 Å². The molecule has 0 saturated carbocycles. The average Bonchev–Trinajstić information content (AvgIpc) is 2.66. The fourth-order valence-electron chi connectivity index (χ4n) is 2.90. The molecule has 12 heteroatoms. The number of hydrogen-bond donors (Lipinski definition) is 4. The van der Waals surface area contributed by atoms with E-state index in [1.807, 2.05) is 0 Å². The van der Waals surface area contributed by atoms with E-state index in [0.29, 0.717) is 46.8 Å². The largest absolute Gasteiger partial charge is 0.493 e. The molecule has 2 rings (SSSR count). The van der Waals surface area contributed by atoms with E-state index in [-0.39, 0.29) is 37.6 Å². The maximum Gasteiger partial charge on any atom is 0.264 e. The molecule has 0 aromatic heterocycles. The van der Waals surface area contributed by atoms with Gasteiger partial charge in [-0.25, -0.2) is 0 Å². The van der Waals surface area contributed by atoms with Crippen LogP contribution in [0.5, 0.6) is 11.5 Å². The van der Waals surface area contributed by atoms with Gasteiger partial charge in [0.25, 0.3) is 20.2 Å². The molecule has 6 N–H and O–H groups in total. The molecule has 0 radical (unpaired) electrons. The standard InChI is InChI=1S/C20H28N2O8S2/c21-15-5-7-17(19(13-15)29-9-1-3-11-31(23,24)25)18-8-6-16(22)14-20(18)30-10-2-4-12-32(26,27)28/h5-8,13-14H,1-4,9-12,21-22H2,(H,23,24,25)(H,26,27,28). The molecule has 0 unspecified atom stereocenters. The van der Waals surface area contributed by atoms with E-state index in [1.165, 1.54) is 0 Å². The molecule has 2 aromatic rings. The highest BCUT2D eigenvalue weighted by molar-refractivity contribution is 7.86. The van der Waals surface area contributed by atoms with Crippen LogP contribution in [0.1, 0.15) is 25.7 Å². The van der Waals surface area contributed by atoms with Crippen LogP contribution in [0.15, 0.2) is 36.4 Å². The summed E-state index contributed by atoms with van der Waals surface area (Å²) in [7, 11) is -8.02. The van der Waals surface area contributed by atoms with E-state index >= 15 is 0 Å². The molecular formula is C20H28N2O8S2. The monoisotopic (exact) mass is 488 g/mol. The van der Waals surface area contributed by atoms with Crippen molar-refractivity contribution in [1.29, 1.82) is 0 Å². The molecular weight excluding hydrogens is 460 g/mol. The molecule has 0 fully saturated rings. The zero-order valence-electron chi connectivity index (χ0n) is 17.4. The van der Waals surface area contributed by atoms with Crippen molar-refractivity contribution in [1.82, 2.24) is 0 Å². The highest BCUT2D eigenvalue weighted by Gasteiger charge is 2.14. The number of benzene rings is 2. The van der Waals surface area contributed by atoms with Crippen molar-refractivity contribution in [2.75, 3.05) is 36.2 Å². The second-order valence-corrected chi connectivity index (χ2v) is 10.3. The van der Waals surface area contributed by atoms with Crippen molar-refractivity contribution in [3.63, 3.8) is 0 Å². The molecule has 0 bridgehead atoms. The van der Waals surface area contributed by atoms with Crippen molar-refractivity contribution < 1.29 is 35.4 Å². The summed E-state index contributed by atoms with van der Waals surface area (Å²) in [6.07, 6.45) is 1.31. The van der Waals surface area contributed by atoms with Crippen molar-refractivity contribution in [3.8, 4) is 22.6 Å². The molecule has 0 amide bonds. The van der Waals surface area contributed by atoms with Crippen molar-refractivity contribution in [2.45, 2.75) is 25.7 Å². The molecule has 0 aliphatic carbocycles. The van der Waals surface area contributed by atoms with Gasteiger partial charge in [-0.05, 0) is 49.9 Å². The van der Waals surface area contributed by atoms with Gasteiger partial charge in [0.1, 0.15) is 11.5 Å². The Balaban J connectivity index is 2.12. The molecule has 0 spiro atoms. The Bertz CT molecular complexity index is 1030. The first-order chi connectivity index (χ1) is 14.9. The number of anilines is 2. The van der Waals surface area contributed by atoms with Crippen molar-refractivity contribution in [2.24, 2.45) is 0 Å². The quantitative estimate of drug-likeness (QED) is 0.186. The van der Waals surface area contributed by atoms with E-state index in [0.717, 1.165) is 0 Å². The second kappa shape index (κ2) is 11.4. The van der Waals surface area contributed by atoms with Gasteiger partial charge in [-0.1, -0.05) is 0 Å². The first-order valence-corrected chi connectivity index (χ1v) is 13.1. The maximum absolute atomic E-state index is 10.8. The molecule has 0 atom stereocenters. The summed E-state index contributed by atoms with van der Waals surface area (Å²) < 4.78 is 72.5. The van der Waals surface area contributed by atoms with Crippen LogP contribution in [0, 0.1) is 0 Å². The lowest BCUT2D eigenvalue weighted by Crippen LogP contribution is -2.07. The summed E-state index contributed by atoms with van der Waals surface area (Å²) >= 11 is 0. The third kappa shape index (κ3) is 9.30. The number of hydrogen-bond acceptors (Lipinski definition) is 8. The predicted octanol–water partition coefficient (Wildman–Crippen LogP) is 2.61. The van der Waals surface area contributed by atoms with Crippen LogP contribution in [0.25, 0.3) is 11.1 Å². The van der Waals surface area contributed by atoms with E-state index in [4.69, 9.17) is 30.0 Å². The molecule has 0 saturated heterocycles. The Hall–Kier alpha value is -2.54. The van der Waals surface area contributed by atoms with Gasteiger partial charge in [-0.15, -0.1) is 0 Å². The van der Waals surface area contributed by atoms with Gasteiger partial charge in [0.05, 0.1) is 24.7 Å². The first kappa shape index (κ1) is 25.7. The first-order valence-electron chi connectivity index (χ1n) is 9.90. The van der Waals surface area contributed by atoms with Gasteiger partial charge in [-0.2, -0.15) is 16.8 Å². The molecule has 0 aliphatic heterocycles. The van der Waals surface area contributed by atoms with Crippen LogP contribution >= 0.6 is 0 Å². The van der Waals surface area contributed by atoms with Crippen LogP contribution in [-0.4, -0.2) is 50.7 Å². The Morgan fingerprint density at radius 1 is 0.656 bits per heavy atom. The number of ether oxygens (including phenoxy) is 2. The third-order valence-electron chi connectivity index (χ3n) is 4.41. The normalized spacial score (nSPS) is 11.9. The lowest BCUT2D eigenvalue weighted by Gasteiger charge is -2.16. The van der Waals surface area contributed by atoms with E-state index in [1.54, 1.807) is 36.4 Å². The summed E-state index contributed by atoms with van der Waals surface area (Å²) in [4.78, 5) is 0. The molecule has 0 heterocycles. The van der Waals surface area contributed by atoms with Crippen LogP contribution in [0.2, 0.25) is 0 Å². The summed E-state index contributed by atoms with van der Waals surface area (Å²) in [6.45, 7) is 0.430. The molecule has 0 aliphatic rings. The molecule has 2 aromatic carbocycles. The van der Waals surface area contributed by atoms with Gasteiger partial charge in [-0.3, -0.25) is 9.11 Å². The Kier molecular flexibility index (Phi) is 9.13. The Morgan fingerprint density at radius 2 is 1.03 bits per heavy atom. The fraction of sp³-hybridized carbons (Fsp3) is 0.400. The van der Waals surface area contributed by atoms with E-state index in [2.05, 4.69) is 0 Å². The summed E-state index contributed by atoms with van der Waals surface area (Å²) in [6, 6.07) is 10.2. The zero-order chi connectivity index (χ0) is 23.8. The van der Waals surface area contributed by atoms with Crippen LogP contribution in [0.3, 0.4) is 0 Å². The highest BCUT2D eigenvalue weighted by Crippen LogP contribution is 2.38. The minimum absolute atomic E-state index is 0.215. The lowest BCUT2D eigenvalue weighted by molar-refractivity contribution is 0.306. The smallest absolute Gasteiger partial charge is 0.264 e. The molecule has 32 heavy (non-hydrogen) atoms. The second-order valence-electron chi connectivity index (χ2n) is 7.19. The van der Waals surface area contributed by atoms with Gasteiger partial charge in [0, 0.05) is 34.6 Å². The maximum atomic E-state index is 10.8. The summed E-state index contributed by atoms with van der Waals surface area (Å²) in [5.74, 6) is 0.261. The topological polar surface area (TPSA) is 179 Å². The van der Waals surface area contributed by atoms with E-state index in [9.17, 15) is 16.8 Å². The third-order valence-corrected chi connectivity index (χ3v) is 6.02. The molecule has 10 nitrogen and oxygen atoms in total. The zero-order valence-corrected chi connectivity index (χ0v) is 19.1.